The van der Waals surface area contributed by atoms with Gasteiger partial charge in [0.05, 0.1) is 6.61 Å². The van der Waals surface area contributed by atoms with Crippen LogP contribution in [0, 0.1) is 0 Å². The largest absolute Gasteiger partial charge is 0.493 e. The first kappa shape index (κ1) is 9.26. The van der Waals surface area contributed by atoms with Crippen molar-refractivity contribution in [3.05, 3.63) is 16.3 Å². The number of rotatable bonds is 5. The Hall–Kier alpha value is -0.830. The van der Waals surface area contributed by atoms with E-state index in [1.165, 1.54) is 4.88 Å². The molecule has 0 bridgehead atoms. The molecule has 0 spiro atoms. The third kappa shape index (κ3) is 2.34. The lowest BCUT2D eigenvalue weighted by Gasteiger charge is -2.01. The summed E-state index contributed by atoms with van der Waals surface area (Å²) in [6.07, 6.45) is 2.33. The predicted molar refractivity (Wildman–Crippen MR) is 49.9 cm³/mol. The minimum absolute atomic E-state index is 0.584. The summed E-state index contributed by atoms with van der Waals surface area (Å²) in [5, 5.41) is 1.99. The number of carbonyl (C=O) groups excluding carboxylic acids is 1. The summed E-state index contributed by atoms with van der Waals surface area (Å²) in [5.41, 5.74) is 0. The molecule has 0 atom stereocenters. The normalized spacial score (nSPS) is 9.75. The molecule has 66 valence electrons. The maximum atomic E-state index is 10.1. The van der Waals surface area contributed by atoms with Gasteiger partial charge >= 0.3 is 0 Å². The molecule has 1 aromatic rings. The zero-order chi connectivity index (χ0) is 8.81. The fourth-order valence-corrected chi connectivity index (χ4v) is 1.82. The second-order valence-electron chi connectivity index (χ2n) is 2.35. The van der Waals surface area contributed by atoms with Crippen LogP contribution in [-0.2, 0) is 11.2 Å². The van der Waals surface area contributed by atoms with Crippen molar-refractivity contribution in [2.45, 2.75) is 19.8 Å². The van der Waals surface area contributed by atoms with Gasteiger partial charge in [0.15, 0.2) is 0 Å². The molecule has 2 nitrogen and oxygen atoms in total. The van der Waals surface area contributed by atoms with Crippen LogP contribution in [0.5, 0.6) is 5.75 Å². The zero-order valence-electron chi connectivity index (χ0n) is 7.08. The Bertz CT molecular complexity index is 242. The van der Waals surface area contributed by atoms with Gasteiger partial charge in [0, 0.05) is 11.3 Å². The highest BCUT2D eigenvalue weighted by Gasteiger charge is 2.03. The van der Waals surface area contributed by atoms with E-state index in [-0.39, 0.29) is 0 Å². The first-order valence-electron chi connectivity index (χ1n) is 4.01. The van der Waals surface area contributed by atoms with E-state index in [0.717, 1.165) is 18.5 Å². The van der Waals surface area contributed by atoms with Crippen molar-refractivity contribution in [3.63, 3.8) is 0 Å². The number of thiophene rings is 1. The smallest absolute Gasteiger partial charge is 0.133 e. The quantitative estimate of drug-likeness (QED) is 0.656. The Kier molecular flexibility index (Phi) is 3.80. The van der Waals surface area contributed by atoms with Gasteiger partial charge in [-0.05, 0) is 24.8 Å². The van der Waals surface area contributed by atoms with Crippen LogP contribution in [0.15, 0.2) is 11.4 Å². The molecule has 1 rings (SSSR count). The van der Waals surface area contributed by atoms with Crippen molar-refractivity contribution in [1.82, 2.24) is 0 Å². The van der Waals surface area contributed by atoms with Gasteiger partial charge in [0.25, 0.3) is 0 Å². The highest BCUT2D eigenvalue weighted by atomic mass is 32.1. The van der Waals surface area contributed by atoms with Gasteiger partial charge in [-0.15, -0.1) is 11.3 Å². The van der Waals surface area contributed by atoms with Crippen LogP contribution in [-0.4, -0.2) is 12.9 Å². The molecule has 0 radical (unpaired) electrons. The molecule has 0 N–H and O–H groups in total. The molecule has 0 saturated carbocycles. The van der Waals surface area contributed by atoms with Crippen LogP contribution in [0.2, 0.25) is 0 Å². The van der Waals surface area contributed by atoms with E-state index in [4.69, 9.17) is 4.74 Å². The SMILES string of the molecule is CCOc1ccsc1CCC=O. The minimum Gasteiger partial charge on any atom is -0.493 e. The van der Waals surface area contributed by atoms with Crippen molar-refractivity contribution in [2.24, 2.45) is 0 Å². The molecule has 0 unspecified atom stereocenters. The van der Waals surface area contributed by atoms with Gasteiger partial charge in [0.1, 0.15) is 12.0 Å². The Labute approximate surface area is 76.2 Å². The van der Waals surface area contributed by atoms with Gasteiger partial charge in [-0.2, -0.15) is 0 Å². The van der Waals surface area contributed by atoms with E-state index in [0.29, 0.717) is 13.0 Å². The lowest BCUT2D eigenvalue weighted by molar-refractivity contribution is -0.107. The first-order valence-corrected chi connectivity index (χ1v) is 4.89. The Balaban J connectivity index is 2.56. The first-order chi connectivity index (χ1) is 5.88. The highest BCUT2D eigenvalue weighted by Crippen LogP contribution is 2.25. The molecule has 12 heavy (non-hydrogen) atoms. The standard InChI is InChI=1S/C9H12O2S/c1-2-11-8-5-7-12-9(8)4-3-6-10/h5-7H,2-4H2,1H3. The Morgan fingerprint density at radius 3 is 3.17 bits per heavy atom. The molecule has 3 heteroatoms. The second-order valence-corrected chi connectivity index (χ2v) is 3.35. The van der Waals surface area contributed by atoms with Crippen molar-refractivity contribution in [2.75, 3.05) is 6.61 Å². The van der Waals surface area contributed by atoms with Crippen molar-refractivity contribution < 1.29 is 9.53 Å². The zero-order valence-corrected chi connectivity index (χ0v) is 7.89. The van der Waals surface area contributed by atoms with Crippen LogP contribution in [0.1, 0.15) is 18.2 Å². The van der Waals surface area contributed by atoms with Crippen LogP contribution in [0.4, 0.5) is 0 Å². The maximum absolute atomic E-state index is 10.1. The summed E-state index contributed by atoms with van der Waals surface area (Å²) in [5.74, 6) is 0.935. The van der Waals surface area contributed by atoms with E-state index in [2.05, 4.69) is 0 Å². The summed E-state index contributed by atoms with van der Waals surface area (Å²) in [7, 11) is 0. The fourth-order valence-electron chi connectivity index (χ4n) is 0.985. The number of aldehydes is 1. The number of carbonyl (C=O) groups is 1. The number of hydrogen-bond acceptors (Lipinski definition) is 3. The van der Waals surface area contributed by atoms with Gasteiger partial charge in [0.2, 0.25) is 0 Å². The molecular weight excluding hydrogens is 172 g/mol. The second kappa shape index (κ2) is 4.93. The lowest BCUT2D eigenvalue weighted by Crippen LogP contribution is -1.93. The summed E-state index contributed by atoms with van der Waals surface area (Å²) in [4.78, 5) is 11.3. The maximum Gasteiger partial charge on any atom is 0.133 e. The van der Waals surface area contributed by atoms with Crippen LogP contribution in [0.3, 0.4) is 0 Å². The molecule has 0 aliphatic heterocycles. The molecule has 0 saturated heterocycles. The van der Waals surface area contributed by atoms with Crippen LogP contribution >= 0.6 is 11.3 Å². The summed E-state index contributed by atoms with van der Waals surface area (Å²) in [6, 6.07) is 1.95. The lowest BCUT2D eigenvalue weighted by atomic mass is 10.3. The average Bonchev–Trinajstić information content (AvgIpc) is 2.50. The molecule has 0 amide bonds. The van der Waals surface area contributed by atoms with Crippen LogP contribution in [0.25, 0.3) is 0 Å². The number of hydrogen-bond donors (Lipinski definition) is 0. The molecule has 1 aromatic heterocycles. The minimum atomic E-state index is 0.584. The molecular formula is C9H12O2S. The molecule has 0 fully saturated rings. The van der Waals surface area contributed by atoms with Crippen molar-refractivity contribution >= 4 is 17.6 Å². The van der Waals surface area contributed by atoms with E-state index in [9.17, 15) is 4.79 Å². The average molecular weight is 184 g/mol. The third-order valence-electron chi connectivity index (χ3n) is 1.49. The van der Waals surface area contributed by atoms with Crippen molar-refractivity contribution in [3.8, 4) is 5.75 Å². The summed E-state index contributed by atoms with van der Waals surface area (Å²) >= 11 is 1.65. The third-order valence-corrected chi connectivity index (χ3v) is 2.46. The number of ether oxygens (including phenoxy) is 1. The van der Waals surface area contributed by atoms with E-state index >= 15 is 0 Å². The fraction of sp³-hybridized carbons (Fsp3) is 0.444. The summed E-state index contributed by atoms with van der Waals surface area (Å²) in [6.45, 7) is 2.64. The Morgan fingerprint density at radius 1 is 1.67 bits per heavy atom. The Morgan fingerprint density at radius 2 is 2.50 bits per heavy atom. The van der Waals surface area contributed by atoms with Gasteiger partial charge < -0.3 is 9.53 Å². The predicted octanol–water partition coefficient (Wildman–Crippen LogP) is 2.28. The number of aryl methyl sites for hydroxylation is 1. The van der Waals surface area contributed by atoms with E-state index in [1.54, 1.807) is 11.3 Å². The molecule has 0 aromatic carbocycles. The monoisotopic (exact) mass is 184 g/mol. The summed E-state index contributed by atoms with van der Waals surface area (Å²) < 4.78 is 5.37. The van der Waals surface area contributed by atoms with Crippen molar-refractivity contribution in [1.29, 1.82) is 0 Å². The molecule has 1 heterocycles. The van der Waals surface area contributed by atoms with Crippen LogP contribution < -0.4 is 4.74 Å². The van der Waals surface area contributed by atoms with E-state index < -0.39 is 0 Å². The molecule has 0 aliphatic carbocycles. The molecule has 0 aliphatic rings. The van der Waals surface area contributed by atoms with Gasteiger partial charge in [-0.25, -0.2) is 0 Å². The van der Waals surface area contributed by atoms with Gasteiger partial charge in [-0.1, -0.05) is 0 Å². The van der Waals surface area contributed by atoms with Gasteiger partial charge in [-0.3, -0.25) is 0 Å². The van der Waals surface area contributed by atoms with E-state index in [1.807, 2.05) is 18.4 Å². The highest BCUT2D eigenvalue weighted by molar-refractivity contribution is 7.10. The topological polar surface area (TPSA) is 26.3 Å².